The van der Waals surface area contributed by atoms with Crippen LogP contribution in [0.1, 0.15) is 13.3 Å². The van der Waals surface area contributed by atoms with Crippen LogP contribution in [-0.4, -0.2) is 11.3 Å². The predicted molar refractivity (Wildman–Crippen MR) is 44.7 cm³/mol. The predicted octanol–water partition coefficient (Wildman–Crippen LogP) is 2.15. The Kier molecular flexibility index (Phi) is 118. The minimum Gasteiger partial charge on any atom is -0.695 e. The molecule has 0 saturated carbocycles. The van der Waals surface area contributed by atoms with Gasteiger partial charge in [-0.2, -0.15) is 6.92 Å². The average Bonchev–Trinajstić information content (AvgIpc) is 1.72. The van der Waals surface area contributed by atoms with Crippen molar-refractivity contribution in [2.24, 2.45) is 0 Å². The van der Waals surface area contributed by atoms with E-state index in [1.54, 1.807) is 6.92 Å². The van der Waals surface area contributed by atoms with Crippen molar-refractivity contribution in [3.63, 3.8) is 0 Å². The topological polar surface area (TPSA) is 40.9 Å². The van der Waals surface area contributed by atoms with Gasteiger partial charge in [0.15, 0.2) is 0 Å². The van der Waals surface area contributed by atoms with Crippen LogP contribution < -0.4 is 0 Å². The second kappa shape index (κ2) is 38.3. The molecule has 0 atom stereocenters. The summed E-state index contributed by atoms with van der Waals surface area (Å²) in [5, 5.41) is 0. The van der Waals surface area contributed by atoms with Crippen molar-refractivity contribution in [3.05, 3.63) is 20.1 Å². The second-order valence-electron chi connectivity index (χ2n) is 0.744. The van der Waals surface area contributed by atoms with Crippen molar-refractivity contribution in [2.75, 3.05) is 0 Å². The molecular formula is C6H11NOSVWY-4. The Morgan fingerprint density at radius 2 is 1.83 bits per heavy atom. The normalized spacial score (nSPS) is 4.17. The van der Waals surface area contributed by atoms with Crippen LogP contribution in [0.4, 0.5) is 0 Å². The van der Waals surface area contributed by atoms with Gasteiger partial charge in [-0.05, 0) is 0 Å². The fourth-order valence-electron chi connectivity index (χ4n) is 0.0655. The Morgan fingerprint density at radius 3 is 1.83 bits per heavy atom. The zero-order chi connectivity index (χ0) is 6.99. The standard InChI is InChI=1S/C3H4NOS.C2H5.CH3.V.W.Y/c4-3(6)1-2-5;1-2;;;;/h1H2,(H2,4,6);1H2,2H3;1H3;;;/q3*-1;;;/p-1. The van der Waals surface area contributed by atoms with Crippen molar-refractivity contribution in [1.82, 2.24) is 0 Å². The van der Waals surface area contributed by atoms with Gasteiger partial charge in [0.05, 0.1) is 0 Å². The van der Waals surface area contributed by atoms with E-state index >= 15 is 0 Å². The Balaban J connectivity index is -0.0000000140. The van der Waals surface area contributed by atoms with E-state index in [0.29, 0.717) is 0 Å². The molecule has 0 spiro atoms. The summed E-state index contributed by atoms with van der Waals surface area (Å²) in [6.07, 6.45) is 1.46. The first-order valence-corrected chi connectivity index (χ1v) is 2.48. The van der Waals surface area contributed by atoms with Gasteiger partial charge in [-0.3, -0.25) is 6.29 Å². The monoisotopic (exact) mass is 469 g/mol. The third-order valence-electron chi connectivity index (χ3n) is 0.233. The van der Waals surface area contributed by atoms with E-state index in [-0.39, 0.29) is 91.2 Å². The van der Waals surface area contributed by atoms with Gasteiger partial charge in [-0.25, -0.2) is 0 Å². The van der Waals surface area contributed by atoms with Gasteiger partial charge in [0, 0.05) is 72.3 Å². The molecule has 12 heavy (non-hydrogen) atoms. The molecule has 0 aromatic carbocycles. The average molecular weight is 469 g/mol. The minimum absolute atomic E-state index is 0. The van der Waals surface area contributed by atoms with Crippen LogP contribution in [0.25, 0.3) is 5.73 Å². The summed E-state index contributed by atoms with van der Waals surface area (Å²) in [7, 11) is 0. The number of nitrogens with one attached hydrogen (secondary N) is 1. The number of carbonyl (C=O) groups excluding carboxylic acids is 1. The molecule has 0 heterocycles. The van der Waals surface area contributed by atoms with Crippen molar-refractivity contribution in [3.8, 4) is 0 Å². The van der Waals surface area contributed by atoms with Crippen LogP contribution in [0.2, 0.25) is 0 Å². The molecule has 0 rings (SSSR count). The molecule has 70 valence electrons. The smallest absolute Gasteiger partial charge is 0 e. The maximum absolute atomic E-state index is 9.28. The third-order valence-corrected chi connectivity index (χ3v) is 0.377. The van der Waals surface area contributed by atoms with Crippen LogP contribution in [0.15, 0.2) is 0 Å². The van der Waals surface area contributed by atoms with Crippen molar-refractivity contribution in [2.45, 2.75) is 13.3 Å². The summed E-state index contributed by atoms with van der Waals surface area (Å²) in [5.41, 5.74) is 6.45. The molecule has 0 amide bonds. The molecule has 0 aliphatic carbocycles. The molecule has 0 unspecified atom stereocenters. The van der Waals surface area contributed by atoms with E-state index in [4.69, 9.17) is 5.73 Å². The zero-order valence-electron chi connectivity index (χ0n) is 7.16. The van der Waals surface area contributed by atoms with Gasteiger partial charge in [0.2, 0.25) is 0 Å². The minimum atomic E-state index is -0.0509. The maximum atomic E-state index is 9.28. The van der Waals surface area contributed by atoms with Gasteiger partial charge in [-0.15, -0.1) is 23.6 Å². The first-order chi connectivity index (χ1) is 3.77. The fourth-order valence-corrected chi connectivity index (χ4v) is 0.124. The zero-order valence-corrected chi connectivity index (χ0v) is 15.1. The number of hydrogen-bond donors (Lipinski definition) is 0. The molecule has 0 aromatic rings. The Morgan fingerprint density at radius 1 is 1.58 bits per heavy atom. The van der Waals surface area contributed by atoms with E-state index in [1.807, 2.05) is 0 Å². The Hall–Kier alpha value is 1.94. The van der Waals surface area contributed by atoms with Gasteiger partial charge in [-0.1, -0.05) is 0 Å². The molecule has 2 radical (unpaired) electrons. The molecule has 0 aromatic heterocycles. The summed E-state index contributed by atoms with van der Waals surface area (Å²) in [4.78, 5) is 9.23. The van der Waals surface area contributed by atoms with Crippen LogP contribution in [0, 0.1) is 14.4 Å². The molecular weight excluding hydrogens is 458 g/mol. The van der Waals surface area contributed by atoms with E-state index in [9.17, 15) is 4.79 Å². The number of hydrogen-bond acceptors (Lipinski definition) is 2. The SMILES string of the molecule is [CH2-]C.[CH3-].[NH-]C(=S)C[C-]=O.[V].[W].[Y]. The van der Waals surface area contributed by atoms with Gasteiger partial charge < -0.3 is 24.9 Å². The van der Waals surface area contributed by atoms with E-state index < -0.39 is 0 Å². The van der Waals surface area contributed by atoms with Crippen molar-refractivity contribution >= 4 is 23.5 Å². The van der Waals surface area contributed by atoms with E-state index in [1.165, 1.54) is 6.29 Å². The summed E-state index contributed by atoms with van der Waals surface area (Å²) in [6.45, 7) is 5.00. The van der Waals surface area contributed by atoms with Crippen LogP contribution >= 0.6 is 12.2 Å². The van der Waals surface area contributed by atoms with Crippen LogP contribution in [0.5, 0.6) is 0 Å². The summed E-state index contributed by atoms with van der Waals surface area (Å²) >= 11 is 4.20. The van der Waals surface area contributed by atoms with Crippen LogP contribution in [-0.2, 0) is 77.1 Å². The second-order valence-corrected chi connectivity index (χ2v) is 1.24. The summed E-state index contributed by atoms with van der Waals surface area (Å²) < 4.78 is 0. The largest absolute Gasteiger partial charge is 0.695 e. The number of thiocarbonyl (C=S) groups is 1. The summed E-state index contributed by atoms with van der Waals surface area (Å²) in [5.74, 6) is 0. The Bertz CT molecular complexity index is 87.9. The molecule has 0 fully saturated rings. The fraction of sp³-hybridized carbons (Fsp3) is 0.333. The quantitative estimate of drug-likeness (QED) is 0.460. The third kappa shape index (κ3) is 58.6. The van der Waals surface area contributed by atoms with Crippen molar-refractivity contribution < 1.29 is 77.1 Å². The molecule has 0 bridgehead atoms. The number of rotatable bonds is 2. The van der Waals surface area contributed by atoms with E-state index in [2.05, 4.69) is 19.1 Å². The molecule has 2 nitrogen and oxygen atoms in total. The maximum Gasteiger partial charge on any atom is 0 e. The van der Waals surface area contributed by atoms with Crippen LogP contribution in [0.3, 0.4) is 0 Å². The van der Waals surface area contributed by atoms with Crippen molar-refractivity contribution in [1.29, 1.82) is 0 Å². The molecule has 0 saturated heterocycles. The first kappa shape index (κ1) is 37.0. The van der Waals surface area contributed by atoms with Gasteiger partial charge in [0.1, 0.15) is 0 Å². The molecule has 0 aliphatic rings. The van der Waals surface area contributed by atoms with Gasteiger partial charge in [0.25, 0.3) is 0 Å². The summed E-state index contributed by atoms with van der Waals surface area (Å²) in [6, 6.07) is 0. The van der Waals surface area contributed by atoms with Gasteiger partial charge >= 0.3 is 0 Å². The molecule has 0 aliphatic heterocycles. The Labute approximate surface area is 132 Å². The van der Waals surface area contributed by atoms with E-state index in [0.717, 1.165) is 0 Å². The molecule has 1 N–H and O–H groups in total. The molecule has 6 heteroatoms. The first-order valence-electron chi connectivity index (χ1n) is 2.07.